The number of amides is 1. The number of hydrogen-bond donors (Lipinski definition) is 1. The molecule has 0 atom stereocenters. The van der Waals surface area contributed by atoms with Gasteiger partial charge in [-0.2, -0.15) is 0 Å². The van der Waals surface area contributed by atoms with Crippen molar-refractivity contribution in [1.82, 2.24) is 24.8 Å². The summed E-state index contributed by atoms with van der Waals surface area (Å²) >= 11 is 6.39. The van der Waals surface area contributed by atoms with Gasteiger partial charge in [-0.15, -0.1) is 22.1 Å². The fourth-order valence-corrected chi connectivity index (χ4v) is 10.8. The Labute approximate surface area is 476 Å². The molecule has 3 aliphatic heterocycles. The first-order chi connectivity index (χ1) is 37.1. The van der Waals surface area contributed by atoms with Crippen molar-refractivity contribution < 1.29 is 34.2 Å². The number of thioether (sulfide) groups is 1. The zero-order valence-corrected chi connectivity index (χ0v) is 48.7. The largest absolute Gasteiger partial charge is 2.00 e. The molecule has 0 spiro atoms. The van der Waals surface area contributed by atoms with E-state index in [2.05, 4.69) is 155 Å². The van der Waals surface area contributed by atoms with Crippen molar-refractivity contribution in [2.75, 3.05) is 11.4 Å². The molecule has 11 rings (SSSR count). The quantitative estimate of drug-likeness (QED) is 0.0683. The third-order valence-corrected chi connectivity index (χ3v) is 15.0. The summed E-state index contributed by atoms with van der Waals surface area (Å²) in [5.41, 5.74) is 16.6. The van der Waals surface area contributed by atoms with Crippen LogP contribution in [0.3, 0.4) is 0 Å². The van der Waals surface area contributed by atoms with Crippen LogP contribution >= 0.6 is 24.0 Å². The van der Waals surface area contributed by atoms with Gasteiger partial charge in [0.2, 0.25) is 0 Å². The topological polar surface area (TPSA) is 115 Å². The van der Waals surface area contributed by atoms with Crippen LogP contribution < -0.4 is 14.9 Å². The minimum absolute atomic E-state index is 0. The summed E-state index contributed by atoms with van der Waals surface area (Å²) in [5, 5.41) is 9.30. The molecule has 1 amide bonds. The van der Waals surface area contributed by atoms with E-state index < -0.39 is 18.4 Å². The van der Waals surface area contributed by atoms with E-state index in [1.54, 1.807) is 6.08 Å². The number of nitrogens with zero attached hydrogens (tertiary/aromatic N) is 6. The van der Waals surface area contributed by atoms with Gasteiger partial charge in [-0.3, -0.25) is 14.5 Å². The van der Waals surface area contributed by atoms with Crippen molar-refractivity contribution in [3.8, 4) is 34.1 Å². The molecule has 0 unspecified atom stereocenters. The van der Waals surface area contributed by atoms with E-state index >= 15 is 0 Å². The summed E-state index contributed by atoms with van der Waals surface area (Å²) in [7, 11) is 0. The maximum absolute atomic E-state index is 13.0. The Bertz CT molecular complexity index is 3910. The second-order valence-electron chi connectivity index (χ2n) is 21.0. The Morgan fingerprint density at radius 2 is 1.09 bits per heavy atom. The molecule has 1 N–H and O–H groups in total. The first-order valence-corrected chi connectivity index (χ1v) is 26.6. The number of aliphatic carboxylic acids is 1. The van der Waals surface area contributed by atoms with E-state index in [9.17, 15) is 14.7 Å². The van der Waals surface area contributed by atoms with Crippen LogP contribution in [-0.2, 0) is 39.9 Å². The SMILES string of the molecule is CC(C)(C)c1ccc(N(c2ccc(C(C)(C)C)cc2)c2c3nc(c(-c4ccccc4)c4ccc([n-]4)c(C#Cc4ccc(C=C5SC(=S)N(CC(=O)O)C5=O)cc4)c4nc(c(-c5ccccc5)c5ccc2[n-]5)C=C4)C=C3)cc1.[Zn+2]. The Morgan fingerprint density at radius 1 is 0.615 bits per heavy atom. The second-order valence-corrected chi connectivity index (χ2v) is 22.7. The number of anilines is 3. The van der Waals surface area contributed by atoms with Crippen molar-refractivity contribution in [1.29, 1.82) is 0 Å². The molecule has 78 heavy (non-hydrogen) atoms. The molecule has 9 nitrogen and oxygen atoms in total. The van der Waals surface area contributed by atoms with Crippen LogP contribution in [0.4, 0.5) is 17.1 Å². The molecule has 8 bridgehead atoms. The van der Waals surface area contributed by atoms with Crippen LogP contribution in [0.25, 0.3) is 74.7 Å². The van der Waals surface area contributed by atoms with Gasteiger partial charge in [-0.05, 0) is 117 Å². The van der Waals surface area contributed by atoms with Gasteiger partial charge in [0.25, 0.3) is 5.91 Å². The van der Waals surface area contributed by atoms with Gasteiger partial charge in [0, 0.05) is 22.5 Å². The Morgan fingerprint density at radius 3 is 1.62 bits per heavy atom. The minimum atomic E-state index is -1.13. The predicted octanol–water partition coefficient (Wildman–Crippen LogP) is 15.0. The third-order valence-electron chi connectivity index (χ3n) is 13.6. The standard InChI is InChI=1S/C66H54N6O3S2.Zn/c1-65(2,3)45-22-26-47(27-23-45)72(48-28-24-46(25-29-48)66(4,5)6)62-56-37-35-54(69-56)60(43-13-9-7-10-14-43)52-33-31-50(67-52)49(51-32-34-53(68-51)61(44-15-11-8-12-16-44)55-36-38-57(62)70-55)30-21-41-17-19-42(20-18-41)39-58-63(75)71(40-59(73)74)64(76)77-58;/h7-20,22-29,31-39H,40H2,1-6H3,(H3,67,68,69,70,73,74,75);/q;+2/p-2. The fraction of sp³-hybridized carbons (Fsp3) is 0.136. The number of carbonyl (C=O) groups is 2. The van der Waals surface area contributed by atoms with E-state index in [4.69, 9.17) is 32.2 Å². The number of carboxylic acid groups (broad SMARTS) is 1. The molecular weight excluding hydrogens is 1050 g/mol. The van der Waals surface area contributed by atoms with Crippen LogP contribution in [0, 0.1) is 11.8 Å². The van der Waals surface area contributed by atoms with E-state index in [0.717, 1.165) is 101 Å². The number of carboxylic acids is 1. The van der Waals surface area contributed by atoms with Gasteiger partial charge in [-0.25, -0.2) is 9.97 Å². The van der Waals surface area contributed by atoms with Gasteiger partial charge < -0.3 is 20.0 Å². The van der Waals surface area contributed by atoms with Crippen LogP contribution in [0.2, 0.25) is 0 Å². The number of hydrogen-bond acceptors (Lipinski definition) is 7. The molecule has 378 valence electrons. The summed E-state index contributed by atoms with van der Waals surface area (Å²) in [5.74, 6) is 5.29. The average Bonchev–Trinajstić information content (AvgIpc) is 4.40. The first kappa shape index (κ1) is 53.2. The number of benzene rings is 5. The van der Waals surface area contributed by atoms with Crippen LogP contribution in [0.15, 0.2) is 163 Å². The molecule has 1 fully saturated rings. The summed E-state index contributed by atoms with van der Waals surface area (Å²) < 4.78 is 0.214. The van der Waals surface area contributed by atoms with Gasteiger partial charge in [0.1, 0.15) is 10.9 Å². The van der Waals surface area contributed by atoms with E-state index in [0.29, 0.717) is 21.7 Å². The maximum Gasteiger partial charge on any atom is 2.00 e. The Hall–Kier alpha value is -8.20. The third kappa shape index (κ3) is 10.9. The minimum Gasteiger partial charge on any atom is -0.656 e. The molecule has 5 aromatic carbocycles. The molecule has 12 heteroatoms. The number of thiocarbonyl (C=S) groups is 1. The summed E-state index contributed by atoms with van der Waals surface area (Å²) in [6.07, 6.45) is 9.91. The van der Waals surface area contributed by atoms with Crippen molar-refractivity contribution in [2.24, 2.45) is 0 Å². The average molecular weight is 1110 g/mol. The molecule has 0 aliphatic carbocycles. The van der Waals surface area contributed by atoms with Crippen molar-refractivity contribution in [3.05, 3.63) is 213 Å². The fourth-order valence-electron chi connectivity index (χ4n) is 9.58. The molecule has 3 aliphatic rings. The van der Waals surface area contributed by atoms with Crippen molar-refractivity contribution in [2.45, 2.75) is 52.4 Å². The molecule has 0 radical (unpaired) electrons. The molecular formula is C66H52N6O3S2Zn. The van der Waals surface area contributed by atoms with Gasteiger partial charge in [-0.1, -0.05) is 199 Å². The van der Waals surface area contributed by atoms with Crippen molar-refractivity contribution >= 4 is 110 Å². The molecule has 3 aromatic heterocycles. The molecule has 1 saturated heterocycles. The predicted molar refractivity (Wildman–Crippen MR) is 320 cm³/mol. The summed E-state index contributed by atoms with van der Waals surface area (Å²) in [4.78, 5) is 50.0. The van der Waals surface area contributed by atoms with Crippen LogP contribution in [0.1, 0.15) is 92.1 Å². The second kappa shape index (κ2) is 21.7. The van der Waals surface area contributed by atoms with Crippen LogP contribution in [0.5, 0.6) is 0 Å². The molecule has 8 aromatic rings. The van der Waals surface area contributed by atoms with Crippen molar-refractivity contribution in [3.63, 3.8) is 0 Å². The van der Waals surface area contributed by atoms with E-state index in [-0.39, 0.29) is 34.6 Å². The number of rotatable bonds is 8. The van der Waals surface area contributed by atoms with Crippen LogP contribution in [-0.4, -0.2) is 42.7 Å². The molecule has 6 heterocycles. The number of fused-ring (bicyclic) bond motifs is 8. The monoisotopic (exact) mass is 1100 g/mol. The summed E-state index contributed by atoms with van der Waals surface area (Å²) in [6, 6.07) is 53.9. The summed E-state index contributed by atoms with van der Waals surface area (Å²) in [6.45, 7) is 12.9. The number of aromatic nitrogens is 4. The Kier molecular flexibility index (Phi) is 14.8. The van der Waals surface area contributed by atoms with Gasteiger partial charge >= 0.3 is 25.4 Å². The molecule has 0 saturated carbocycles. The Balaban J connectivity index is 0.00000688. The van der Waals surface area contributed by atoms with E-state index in [1.165, 1.54) is 11.1 Å². The van der Waals surface area contributed by atoms with Gasteiger partial charge in [0.15, 0.2) is 0 Å². The van der Waals surface area contributed by atoms with Gasteiger partial charge in [0.05, 0.1) is 33.4 Å². The zero-order valence-electron chi connectivity index (χ0n) is 44.1. The zero-order chi connectivity index (χ0) is 53.6. The number of carbonyl (C=O) groups excluding carboxylic acids is 1. The normalized spacial score (nSPS) is 13.6. The van der Waals surface area contributed by atoms with E-state index in [1.807, 2.05) is 84.9 Å². The maximum atomic E-state index is 13.0. The smallest absolute Gasteiger partial charge is 0.656 e. The first-order valence-electron chi connectivity index (χ1n) is 25.3.